The monoisotopic (exact) mass is 650 g/mol. The number of rotatable bonds is 5. The second-order valence-electron chi connectivity index (χ2n) is 12.8. The van der Waals surface area contributed by atoms with Crippen molar-refractivity contribution >= 4 is 43.4 Å². The molecule has 0 saturated carbocycles. The summed E-state index contributed by atoms with van der Waals surface area (Å²) >= 11 is 0. The molecule has 0 amide bonds. The zero-order chi connectivity index (χ0) is 33.7. The fourth-order valence-corrected chi connectivity index (χ4v) is 7.60. The van der Waals surface area contributed by atoms with E-state index in [1.165, 1.54) is 38.3 Å². The van der Waals surface area contributed by atoms with E-state index in [1.807, 2.05) is 42.7 Å². The lowest BCUT2D eigenvalue weighted by Gasteiger charge is -2.19. The van der Waals surface area contributed by atoms with Crippen LogP contribution >= 0.6 is 0 Å². The van der Waals surface area contributed by atoms with Crippen LogP contribution in [0.25, 0.3) is 94.1 Å². The van der Waals surface area contributed by atoms with Crippen molar-refractivity contribution in [3.8, 4) is 50.7 Å². The summed E-state index contributed by atoms with van der Waals surface area (Å²) < 4.78 is 2.45. The van der Waals surface area contributed by atoms with E-state index in [-0.39, 0.29) is 0 Å². The van der Waals surface area contributed by atoms with Crippen LogP contribution in [0, 0.1) is 0 Å². The first kappa shape index (κ1) is 29.0. The van der Waals surface area contributed by atoms with Gasteiger partial charge in [-0.15, -0.1) is 0 Å². The van der Waals surface area contributed by atoms with E-state index < -0.39 is 0 Å². The zero-order valence-electron chi connectivity index (χ0n) is 27.6. The Morgan fingerprint density at radius 2 is 0.824 bits per heavy atom. The Labute approximate surface area is 295 Å². The van der Waals surface area contributed by atoms with Gasteiger partial charge in [-0.05, 0) is 52.2 Å². The van der Waals surface area contributed by atoms with E-state index in [0.717, 1.165) is 50.0 Å². The number of hydrogen-bond donors (Lipinski definition) is 0. The van der Waals surface area contributed by atoms with Crippen LogP contribution in [0.5, 0.6) is 0 Å². The van der Waals surface area contributed by atoms with Crippen molar-refractivity contribution in [3.63, 3.8) is 0 Å². The van der Waals surface area contributed by atoms with Gasteiger partial charge in [0, 0.05) is 50.6 Å². The van der Waals surface area contributed by atoms with Crippen molar-refractivity contribution in [3.05, 3.63) is 182 Å². The third kappa shape index (κ3) is 4.80. The molecule has 0 bridgehead atoms. The highest BCUT2D eigenvalue weighted by atomic mass is 15.0. The van der Waals surface area contributed by atoms with E-state index >= 15 is 0 Å². The molecule has 0 unspecified atom stereocenters. The Morgan fingerprint density at radius 3 is 1.43 bits per heavy atom. The van der Waals surface area contributed by atoms with Gasteiger partial charge in [-0.3, -0.25) is 4.98 Å². The predicted molar refractivity (Wildman–Crippen MR) is 211 cm³/mol. The van der Waals surface area contributed by atoms with Gasteiger partial charge in [0.25, 0.3) is 0 Å². The standard InChI is InChI=1S/C47H30N4/c1-2-12-34(13-3-1)47-49-41(33-24-22-31(23-25-33)32-26-28-48-29-27-32)30-42(50-47)45-37-16-4-6-18-39(37)46(40-19-7-5-17-38(40)45)51-43-20-10-8-14-35(43)36-15-9-11-21-44(36)51/h1-30H. The van der Waals surface area contributed by atoms with Crippen molar-refractivity contribution in [2.45, 2.75) is 0 Å². The topological polar surface area (TPSA) is 43.6 Å². The summed E-state index contributed by atoms with van der Waals surface area (Å²) in [6.07, 6.45) is 3.65. The first-order chi connectivity index (χ1) is 25.3. The molecule has 0 radical (unpaired) electrons. The minimum absolute atomic E-state index is 0.695. The lowest BCUT2D eigenvalue weighted by Crippen LogP contribution is -2.01. The average Bonchev–Trinajstić information content (AvgIpc) is 3.54. The maximum absolute atomic E-state index is 5.33. The molecule has 0 aliphatic heterocycles. The highest BCUT2D eigenvalue weighted by molar-refractivity contribution is 6.20. The smallest absolute Gasteiger partial charge is 0.160 e. The van der Waals surface area contributed by atoms with Crippen molar-refractivity contribution in [1.29, 1.82) is 0 Å². The van der Waals surface area contributed by atoms with Gasteiger partial charge in [0.05, 0.1) is 28.1 Å². The quantitative estimate of drug-likeness (QED) is 0.174. The van der Waals surface area contributed by atoms with Gasteiger partial charge in [0.1, 0.15) is 0 Å². The van der Waals surface area contributed by atoms with Crippen molar-refractivity contribution in [1.82, 2.24) is 19.5 Å². The lowest BCUT2D eigenvalue weighted by atomic mass is 9.92. The Morgan fingerprint density at radius 1 is 0.353 bits per heavy atom. The lowest BCUT2D eigenvalue weighted by molar-refractivity contribution is 1.18. The van der Waals surface area contributed by atoms with Gasteiger partial charge in [0.15, 0.2) is 5.82 Å². The fraction of sp³-hybridized carbons (Fsp3) is 0. The molecular weight excluding hydrogens is 621 g/mol. The Hall–Kier alpha value is -6.91. The summed E-state index contributed by atoms with van der Waals surface area (Å²) in [4.78, 5) is 14.7. The summed E-state index contributed by atoms with van der Waals surface area (Å²) in [6.45, 7) is 0. The number of aromatic nitrogens is 4. The van der Waals surface area contributed by atoms with Gasteiger partial charge < -0.3 is 4.57 Å². The molecule has 3 heterocycles. The van der Waals surface area contributed by atoms with Crippen molar-refractivity contribution in [2.75, 3.05) is 0 Å². The SMILES string of the molecule is c1ccc(-c2nc(-c3ccc(-c4ccncc4)cc3)cc(-c3c4ccccc4c(-n4c5ccccc5c5ccccc54)c4ccccc34)n2)cc1. The molecule has 51 heavy (non-hydrogen) atoms. The van der Waals surface area contributed by atoms with Crippen LogP contribution < -0.4 is 0 Å². The highest BCUT2D eigenvalue weighted by Gasteiger charge is 2.22. The summed E-state index contributed by atoms with van der Waals surface area (Å²) in [7, 11) is 0. The first-order valence-electron chi connectivity index (χ1n) is 17.2. The van der Waals surface area contributed by atoms with Gasteiger partial charge in [-0.25, -0.2) is 9.97 Å². The second kappa shape index (κ2) is 11.9. The molecular formula is C47H30N4. The molecule has 0 aliphatic carbocycles. The highest BCUT2D eigenvalue weighted by Crippen LogP contribution is 2.44. The minimum Gasteiger partial charge on any atom is -0.308 e. The molecule has 0 N–H and O–H groups in total. The maximum Gasteiger partial charge on any atom is 0.160 e. The Balaban J connectivity index is 1.26. The minimum atomic E-state index is 0.695. The van der Waals surface area contributed by atoms with Crippen LogP contribution in [-0.4, -0.2) is 19.5 Å². The fourth-order valence-electron chi connectivity index (χ4n) is 7.60. The molecule has 10 rings (SSSR count). The maximum atomic E-state index is 5.33. The molecule has 238 valence electrons. The number of hydrogen-bond acceptors (Lipinski definition) is 3. The van der Waals surface area contributed by atoms with E-state index in [2.05, 4.69) is 149 Å². The zero-order valence-corrected chi connectivity index (χ0v) is 27.6. The molecule has 3 aromatic heterocycles. The number of nitrogens with zero attached hydrogens (tertiary/aromatic N) is 4. The number of pyridine rings is 1. The molecule has 0 atom stereocenters. The average molecular weight is 651 g/mol. The van der Waals surface area contributed by atoms with Gasteiger partial charge >= 0.3 is 0 Å². The van der Waals surface area contributed by atoms with E-state index in [0.29, 0.717) is 5.82 Å². The van der Waals surface area contributed by atoms with E-state index in [1.54, 1.807) is 0 Å². The Bertz CT molecular complexity index is 2780. The molecule has 0 spiro atoms. The summed E-state index contributed by atoms with van der Waals surface area (Å²) in [6, 6.07) is 60.1. The summed E-state index contributed by atoms with van der Waals surface area (Å²) in [5.41, 5.74) is 10.7. The van der Waals surface area contributed by atoms with E-state index in [9.17, 15) is 0 Å². The summed E-state index contributed by atoms with van der Waals surface area (Å²) in [5.74, 6) is 0.695. The van der Waals surface area contributed by atoms with Crippen LogP contribution in [0.2, 0.25) is 0 Å². The number of fused-ring (bicyclic) bond motifs is 5. The van der Waals surface area contributed by atoms with Crippen LogP contribution in [0.1, 0.15) is 0 Å². The largest absolute Gasteiger partial charge is 0.308 e. The molecule has 10 aromatic rings. The van der Waals surface area contributed by atoms with Crippen LogP contribution in [0.15, 0.2) is 182 Å². The normalized spacial score (nSPS) is 11.5. The van der Waals surface area contributed by atoms with Crippen molar-refractivity contribution < 1.29 is 0 Å². The molecule has 0 aliphatic rings. The number of para-hydroxylation sites is 2. The predicted octanol–water partition coefficient (Wildman–Crippen LogP) is 11.9. The van der Waals surface area contributed by atoms with Crippen LogP contribution in [0.4, 0.5) is 0 Å². The third-order valence-corrected chi connectivity index (χ3v) is 9.92. The van der Waals surface area contributed by atoms with Gasteiger partial charge in [-0.2, -0.15) is 0 Å². The molecule has 0 saturated heterocycles. The second-order valence-corrected chi connectivity index (χ2v) is 12.8. The summed E-state index contributed by atoms with van der Waals surface area (Å²) in [5, 5.41) is 7.11. The first-order valence-corrected chi connectivity index (χ1v) is 17.2. The Kier molecular flexibility index (Phi) is 6.78. The van der Waals surface area contributed by atoms with E-state index in [4.69, 9.17) is 9.97 Å². The van der Waals surface area contributed by atoms with Gasteiger partial charge in [-0.1, -0.05) is 140 Å². The molecule has 7 aromatic carbocycles. The van der Waals surface area contributed by atoms with Gasteiger partial charge in [0.2, 0.25) is 0 Å². The number of benzene rings is 7. The molecule has 0 fully saturated rings. The molecule has 4 nitrogen and oxygen atoms in total. The van der Waals surface area contributed by atoms with Crippen LogP contribution in [0.3, 0.4) is 0 Å². The third-order valence-electron chi connectivity index (χ3n) is 9.92. The molecule has 4 heteroatoms. The van der Waals surface area contributed by atoms with Crippen molar-refractivity contribution in [2.24, 2.45) is 0 Å². The van der Waals surface area contributed by atoms with Crippen LogP contribution in [-0.2, 0) is 0 Å².